The van der Waals surface area contributed by atoms with E-state index < -0.39 is 18.5 Å². The van der Waals surface area contributed by atoms with Crippen LogP contribution >= 0.6 is 0 Å². The predicted molar refractivity (Wildman–Crippen MR) is 112 cm³/mol. The number of amides is 2. The summed E-state index contributed by atoms with van der Waals surface area (Å²) in [6.45, 7) is 1.40. The van der Waals surface area contributed by atoms with Crippen molar-refractivity contribution in [2.75, 3.05) is 11.9 Å². The molecule has 0 fully saturated rings. The number of benzene rings is 2. The van der Waals surface area contributed by atoms with Crippen LogP contribution in [-0.2, 0) is 9.53 Å². The first-order chi connectivity index (χ1) is 14.5. The van der Waals surface area contributed by atoms with Crippen LogP contribution in [0.2, 0.25) is 0 Å². The van der Waals surface area contributed by atoms with E-state index in [9.17, 15) is 14.4 Å². The number of nitrogens with zero attached hydrogens (tertiary/aromatic N) is 1. The quantitative estimate of drug-likeness (QED) is 0.590. The first-order valence-electron chi connectivity index (χ1n) is 9.36. The van der Waals surface area contributed by atoms with Gasteiger partial charge in [-0.3, -0.25) is 14.6 Å². The number of esters is 1. The van der Waals surface area contributed by atoms with E-state index in [1.807, 2.05) is 37.3 Å². The molecule has 0 aliphatic rings. The highest BCUT2D eigenvalue weighted by Gasteiger charge is 2.17. The van der Waals surface area contributed by atoms with Crippen molar-refractivity contribution in [3.8, 4) is 0 Å². The van der Waals surface area contributed by atoms with Gasteiger partial charge in [-0.15, -0.1) is 0 Å². The summed E-state index contributed by atoms with van der Waals surface area (Å²) >= 11 is 0. The number of hydrogen-bond acceptors (Lipinski definition) is 5. The van der Waals surface area contributed by atoms with E-state index in [4.69, 9.17) is 4.74 Å². The molecule has 7 heteroatoms. The van der Waals surface area contributed by atoms with Crippen LogP contribution in [-0.4, -0.2) is 29.4 Å². The average molecular weight is 403 g/mol. The summed E-state index contributed by atoms with van der Waals surface area (Å²) in [7, 11) is 0. The monoisotopic (exact) mass is 403 g/mol. The van der Waals surface area contributed by atoms with Crippen molar-refractivity contribution < 1.29 is 19.1 Å². The highest BCUT2D eigenvalue weighted by molar-refractivity contribution is 6.04. The minimum absolute atomic E-state index is 0.206. The molecular weight excluding hydrogens is 382 g/mol. The Labute approximate surface area is 174 Å². The van der Waals surface area contributed by atoms with Crippen LogP contribution < -0.4 is 10.6 Å². The van der Waals surface area contributed by atoms with E-state index in [2.05, 4.69) is 15.6 Å². The molecule has 30 heavy (non-hydrogen) atoms. The molecule has 2 N–H and O–H groups in total. The van der Waals surface area contributed by atoms with Crippen LogP contribution in [0.5, 0.6) is 0 Å². The molecule has 7 nitrogen and oxygen atoms in total. The summed E-state index contributed by atoms with van der Waals surface area (Å²) in [6, 6.07) is 19.1. The van der Waals surface area contributed by atoms with Gasteiger partial charge >= 0.3 is 5.97 Å². The second-order valence-corrected chi connectivity index (χ2v) is 6.52. The fraction of sp³-hybridized carbons (Fsp3) is 0.130. The normalized spacial score (nSPS) is 11.2. The van der Waals surface area contributed by atoms with E-state index in [0.717, 1.165) is 5.56 Å². The number of para-hydroxylation sites is 1. The maximum Gasteiger partial charge on any atom is 0.340 e. The average Bonchev–Trinajstić information content (AvgIpc) is 2.79. The van der Waals surface area contributed by atoms with Gasteiger partial charge in [0, 0.05) is 12.4 Å². The molecule has 2 amide bonds. The first kappa shape index (κ1) is 20.7. The lowest BCUT2D eigenvalue weighted by Crippen LogP contribution is -2.28. The van der Waals surface area contributed by atoms with E-state index >= 15 is 0 Å². The number of pyridine rings is 1. The standard InChI is InChI=1S/C23H21N3O4/c1-16(17-8-3-2-4-9-17)25-22(28)19-11-5-6-12-20(19)26-21(27)15-30-23(29)18-10-7-13-24-14-18/h2-14,16H,15H2,1H3,(H,25,28)(H,26,27)/t16-/m1/s1. The first-order valence-corrected chi connectivity index (χ1v) is 9.36. The van der Waals surface area contributed by atoms with E-state index in [1.54, 1.807) is 36.4 Å². The molecular formula is C23H21N3O4. The lowest BCUT2D eigenvalue weighted by atomic mass is 10.1. The Hall–Kier alpha value is -4.00. The van der Waals surface area contributed by atoms with Crippen LogP contribution in [0.15, 0.2) is 79.1 Å². The van der Waals surface area contributed by atoms with E-state index in [0.29, 0.717) is 11.3 Å². The van der Waals surface area contributed by atoms with Gasteiger partial charge in [0.15, 0.2) is 6.61 Å². The van der Waals surface area contributed by atoms with Crippen molar-refractivity contribution in [3.63, 3.8) is 0 Å². The molecule has 0 aliphatic heterocycles. The van der Waals surface area contributed by atoms with Gasteiger partial charge in [-0.25, -0.2) is 4.79 Å². The third kappa shape index (κ3) is 5.51. The number of ether oxygens (including phenoxy) is 1. The molecule has 0 radical (unpaired) electrons. The number of aromatic nitrogens is 1. The molecule has 0 spiro atoms. The van der Waals surface area contributed by atoms with Crippen molar-refractivity contribution in [2.24, 2.45) is 0 Å². The molecule has 1 heterocycles. The third-order valence-corrected chi connectivity index (χ3v) is 4.32. The summed E-state index contributed by atoms with van der Waals surface area (Å²) in [6.07, 6.45) is 2.89. The highest BCUT2D eigenvalue weighted by atomic mass is 16.5. The number of hydrogen-bond donors (Lipinski definition) is 2. The molecule has 2 aromatic carbocycles. The van der Waals surface area contributed by atoms with Gasteiger partial charge in [0.25, 0.3) is 11.8 Å². The molecule has 0 bridgehead atoms. The molecule has 3 rings (SSSR count). The largest absolute Gasteiger partial charge is 0.452 e. The smallest absolute Gasteiger partial charge is 0.340 e. The van der Waals surface area contributed by atoms with Crippen LogP contribution in [0, 0.1) is 0 Å². The Kier molecular flexibility index (Phi) is 6.89. The maximum absolute atomic E-state index is 12.7. The summed E-state index contributed by atoms with van der Waals surface area (Å²) < 4.78 is 4.99. The zero-order chi connectivity index (χ0) is 21.3. The fourth-order valence-corrected chi connectivity index (χ4v) is 2.77. The predicted octanol–water partition coefficient (Wildman–Crippen LogP) is 3.37. The lowest BCUT2D eigenvalue weighted by Gasteiger charge is -2.16. The number of rotatable bonds is 7. The van der Waals surface area contributed by atoms with Crippen LogP contribution in [0.3, 0.4) is 0 Å². The zero-order valence-electron chi connectivity index (χ0n) is 16.4. The van der Waals surface area contributed by atoms with Gasteiger partial charge in [-0.1, -0.05) is 42.5 Å². The van der Waals surface area contributed by atoms with Crippen molar-refractivity contribution in [1.82, 2.24) is 10.3 Å². The minimum Gasteiger partial charge on any atom is -0.452 e. The van der Waals surface area contributed by atoms with Gasteiger partial charge in [0.05, 0.1) is 22.9 Å². The second kappa shape index (κ2) is 9.97. The van der Waals surface area contributed by atoms with Gasteiger partial charge in [0.2, 0.25) is 0 Å². The molecule has 0 unspecified atom stereocenters. The summed E-state index contributed by atoms with van der Waals surface area (Å²) in [4.78, 5) is 40.7. The van der Waals surface area contributed by atoms with E-state index in [1.165, 1.54) is 12.4 Å². The molecule has 152 valence electrons. The van der Waals surface area contributed by atoms with Crippen molar-refractivity contribution >= 4 is 23.5 Å². The molecule has 0 aliphatic carbocycles. The Morgan fingerprint density at radius 3 is 2.43 bits per heavy atom. The van der Waals surface area contributed by atoms with Crippen molar-refractivity contribution in [3.05, 3.63) is 95.8 Å². The molecule has 3 aromatic rings. The molecule has 0 saturated carbocycles. The zero-order valence-corrected chi connectivity index (χ0v) is 16.4. The van der Waals surface area contributed by atoms with Crippen molar-refractivity contribution in [2.45, 2.75) is 13.0 Å². The summed E-state index contributed by atoms with van der Waals surface area (Å²) in [5.74, 6) is -1.53. The number of carbonyl (C=O) groups excluding carboxylic acids is 3. The maximum atomic E-state index is 12.7. The summed E-state index contributed by atoms with van der Waals surface area (Å²) in [5.41, 5.74) is 1.86. The minimum atomic E-state index is -0.652. The van der Waals surface area contributed by atoms with Gasteiger partial charge in [-0.2, -0.15) is 0 Å². The van der Waals surface area contributed by atoms with Gasteiger partial charge in [-0.05, 0) is 36.8 Å². The molecule has 1 atom stereocenters. The Morgan fingerprint density at radius 1 is 0.967 bits per heavy atom. The number of nitrogens with one attached hydrogen (secondary N) is 2. The SMILES string of the molecule is C[C@@H](NC(=O)c1ccccc1NC(=O)COC(=O)c1cccnc1)c1ccccc1. The third-order valence-electron chi connectivity index (χ3n) is 4.32. The lowest BCUT2D eigenvalue weighted by molar-refractivity contribution is -0.119. The van der Waals surface area contributed by atoms with Crippen LogP contribution in [0.1, 0.15) is 39.2 Å². The van der Waals surface area contributed by atoms with Gasteiger partial charge < -0.3 is 15.4 Å². The number of anilines is 1. The Morgan fingerprint density at radius 2 is 1.70 bits per heavy atom. The molecule has 0 saturated heterocycles. The highest BCUT2D eigenvalue weighted by Crippen LogP contribution is 2.18. The van der Waals surface area contributed by atoms with Crippen LogP contribution in [0.4, 0.5) is 5.69 Å². The summed E-state index contributed by atoms with van der Waals surface area (Å²) in [5, 5.41) is 5.53. The fourth-order valence-electron chi connectivity index (χ4n) is 2.77. The number of carbonyl (C=O) groups is 3. The Balaban J connectivity index is 1.61. The second-order valence-electron chi connectivity index (χ2n) is 6.52. The topological polar surface area (TPSA) is 97.4 Å². The van der Waals surface area contributed by atoms with Crippen molar-refractivity contribution in [1.29, 1.82) is 0 Å². The Bertz CT molecular complexity index is 1020. The van der Waals surface area contributed by atoms with Gasteiger partial charge in [0.1, 0.15) is 0 Å². The van der Waals surface area contributed by atoms with E-state index in [-0.39, 0.29) is 17.5 Å². The van der Waals surface area contributed by atoms with Crippen LogP contribution in [0.25, 0.3) is 0 Å². The molecule has 1 aromatic heterocycles.